The van der Waals surface area contributed by atoms with Crippen molar-refractivity contribution in [2.24, 2.45) is 0 Å². The van der Waals surface area contributed by atoms with Gasteiger partial charge in [0.1, 0.15) is 5.82 Å². The highest BCUT2D eigenvalue weighted by Crippen LogP contribution is 2.40. The Bertz CT molecular complexity index is 749. The fourth-order valence-corrected chi connectivity index (χ4v) is 4.33. The largest absolute Gasteiger partial charge is 0.351 e. The molecule has 0 aromatic carbocycles. The highest BCUT2D eigenvalue weighted by molar-refractivity contribution is 7.09. The van der Waals surface area contributed by atoms with Crippen LogP contribution in [0, 0.1) is 0 Å². The molecule has 2 fully saturated rings. The highest BCUT2D eigenvalue weighted by atomic mass is 32.1. The average molecular weight is 342 g/mol. The molecule has 2 aromatic rings. The monoisotopic (exact) mass is 342 g/mol. The summed E-state index contributed by atoms with van der Waals surface area (Å²) in [5.74, 6) is 2.72. The van der Waals surface area contributed by atoms with Gasteiger partial charge in [0.25, 0.3) is 0 Å². The summed E-state index contributed by atoms with van der Waals surface area (Å²) >= 11 is 1.54. The van der Waals surface area contributed by atoms with Crippen LogP contribution in [-0.2, 0) is 12.8 Å². The molecule has 0 atom stereocenters. The smallest absolute Gasteiger partial charge is 0.205 e. The lowest BCUT2D eigenvalue weighted by Gasteiger charge is -2.44. The van der Waals surface area contributed by atoms with Crippen LogP contribution in [-0.4, -0.2) is 45.7 Å². The normalized spacial score (nSPS) is 20.6. The third-order valence-electron chi connectivity index (χ3n) is 5.47. The van der Waals surface area contributed by atoms with E-state index in [9.17, 15) is 0 Å². The van der Waals surface area contributed by atoms with Crippen molar-refractivity contribution in [3.8, 4) is 0 Å². The van der Waals surface area contributed by atoms with Gasteiger partial charge in [-0.25, -0.2) is 4.98 Å². The van der Waals surface area contributed by atoms with Crippen LogP contribution in [0.25, 0.3) is 0 Å². The molecule has 0 unspecified atom stereocenters. The Kier molecular flexibility index (Phi) is 3.43. The van der Waals surface area contributed by atoms with E-state index in [1.165, 1.54) is 48.5 Å². The van der Waals surface area contributed by atoms with Gasteiger partial charge in [0.05, 0.1) is 11.7 Å². The van der Waals surface area contributed by atoms with Crippen molar-refractivity contribution >= 4 is 22.5 Å². The van der Waals surface area contributed by atoms with Crippen LogP contribution < -0.4 is 9.80 Å². The molecule has 24 heavy (non-hydrogen) atoms. The predicted molar refractivity (Wildman–Crippen MR) is 95.0 cm³/mol. The molecule has 6 nitrogen and oxygen atoms in total. The maximum Gasteiger partial charge on any atom is 0.205 e. The number of aromatic nitrogens is 4. The molecular weight excluding hydrogens is 320 g/mol. The molecule has 0 radical (unpaired) electrons. The van der Waals surface area contributed by atoms with Crippen molar-refractivity contribution in [3.05, 3.63) is 23.1 Å². The summed E-state index contributed by atoms with van der Waals surface area (Å²) in [5.41, 5.74) is 2.61. The van der Waals surface area contributed by atoms with E-state index in [1.54, 1.807) is 0 Å². The van der Waals surface area contributed by atoms with Crippen molar-refractivity contribution in [2.45, 2.75) is 50.5 Å². The van der Waals surface area contributed by atoms with Crippen LogP contribution in [0.3, 0.4) is 0 Å². The van der Waals surface area contributed by atoms with Gasteiger partial charge in [-0.2, -0.15) is 9.47 Å². The van der Waals surface area contributed by atoms with Gasteiger partial charge < -0.3 is 9.80 Å². The summed E-state index contributed by atoms with van der Waals surface area (Å²) in [6.07, 6.45) is 7.30. The molecule has 0 amide bonds. The molecule has 2 aliphatic carbocycles. The summed E-state index contributed by atoms with van der Waals surface area (Å²) in [4.78, 5) is 9.33. The van der Waals surface area contributed by atoms with Crippen LogP contribution in [0.15, 0.2) is 6.07 Å². The minimum absolute atomic E-state index is 0.489. The molecule has 0 N–H and O–H groups in total. The highest BCUT2D eigenvalue weighted by Gasteiger charge is 2.34. The number of nitrogens with zero attached hydrogens (tertiary/aromatic N) is 6. The van der Waals surface area contributed by atoms with Gasteiger partial charge in [-0.05, 0) is 50.2 Å². The van der Waals surface area contributed by atoms with Crippen LogP contribution in [0.4, 0.5) is 10.9 Å². The topological polar surface area (TPSA) is 58.0 Å². The maximum atomic E-state index is 4.72. The Morgan fingerprint density at radius 2 is 2.00 bits per heavy atom. The van der Waals surface area contributed by atoms with E-state index in [1.807, 2.05) is 0 Å². The molecular formula is C17H22N6S. The van der Waals surface area contributed by atoms with Gasteiger partial charge in [-0.1, -0.05) is 0 Å². The van der Waals surface area contributed by atoms with Crippen LogP contribution in [0.2, 0.25) is 0 Å². The third-order valence-corrected chi connectivity index (χ3v) is 6.29. The van der Waals surface area contributed by atoms with Gasteiger partial charge in [0.15, 0.2) is 5.82 Å². The predicted octanol–water partition coefficient (Wildman–Crippen LogP) is 2.41. The molecule has 3 heterocycles. The Labute approximate surface area is 146 Å². The Morgan fingerprint density at radius 3 is 2.83 bits per heavy atom. The Morgan fingerprint density at radius 1 is 1.17 bits per heavy atom. The zero-order chi connectivity index (χ0) is 16.1. The van der Waals surface area contributed by atoms with E-state index in [0.29, 0.717) is 12.0 Å². The molecule has 0 spiro atoms. The lowest BCUT2D eigenvalue weighted by Crippen LogP contribution is -2.59. The second kappa shape index (κ2) is 5.65. The van der Waals surface area contributed by atoms with Gasteiger partial charge in [0.2, 0.25) is 5.13 Å². The number of hydrogen-bond donors (Lipinski definition) is 0. The first-order chi connectivity index (χ1) is 11.8. The summed E-state index contributed by atoms with van der Waals surface area (Å²) < 4.78 is 4.52. The van der Waals surface area contributed by atoms with Crippen molar-refractivity contribution in [1.82, 2.24) is 19.6 Å². The van der Waals surface area contributed by atoms with Crippen molar-refractivity contribution < 1.29 is 0 Å². The number of rotatable bonds is 4. The zero-order valence-corrected chi connectivity index (χ0v) is 14.8. The molecule has 0 bridgehead atoms. The number of likely N-dealkylation sites (N-methyl/N-ethyl adjacent to an activating group) is 1. The molecule has 2 aromatic heterocycles. The summed E-state index contributed by atoms with van der Waals surface area (Å²) in [7, 11) is 2.14. The van der Waals surface area contributed by atoms with E-state index in [4.69, 9.17) is 4.98 Å². The Hall–Kier alpha value is -1.76. The van der Waals surface area contributed by atoms with Gasteiger partial charge in [-0.3, -0.25) is 0 Å². The van der Waals surface area contributed by atoms with Crippen LogP contribution in [0.5, 0.6) is 0 Å². The second-order valence-electron chi connectivity index (χ2n) is 7.26. The molecule has 126 valence electrons. The van der Waals surface area contributed by atoms with Gasteiger partial charge in [0, 0.05) is 37.6 Å². The molecule has 1 saturated heterocycles. The maximum absolute atomic E-state index is 4.72. The molecule has 7 heteroatoms. The van der Waals surface area contributed by atoms with Crippen molar-refractivity contribution in [2.75, 3.05) is 29.9 Å². The van der Waals surface area contributed by atoms with Gasteiger partial charge in [-0.15, -0.1) is 5.10 Å². The number of hydrogen-bond acceptors (Lipinski definition) is 7. The van der Waals surface area contributed by atoms with E-state index < -0.39 is 0 Å². The summed E-state index contributed by atoms with van der Waals surface area (Å²) in [6, 6.07) is 2.75. The lowest BCUT2D eigenvalue weighted by molar-refractivity contribution is 0.488. The fraction of sp³-hybridized carbons (Fsp3) is 0.647. The minimum atomic E-state index is 0.489. The molecule has 1 aliphatic heterocycles. The molecule has 3 aliphatic rings. The lowest BCUT2D eigenvalue weighted by atomic mass is 9.96. The van der Waals surface area contributed by atoms with Crippen LogP contribution >= 0.6 is 11.5 Å². The van der Waals surface area contributed by atoms with E-state index in [0.717, 1.165) is 42.7 Å². The van der Waals surface area contributed by atoms with E-state index in [2.05, 4.69) is 37.5 Å². The number of anilines is 2. The summed E-state index contributed by atoms with van der Waals surface area (Å²) in [6.45, 7) is 1.98. The number of aryl methyl sites for hydroxylation is 2. The average Bonchev–Trinajstić information content (AvgIpc) is 3.30. The fourth-order valence-electron chi connectivity index (χ4n) is 3.55. The molecule has 1 saturated carbocycles. The number of fused-ring (bicyclic) bond motifs is 1. The van der Waals surface area contributed by atoms with E-state index >= 15 is 0 Å². The van der Waals surface area contributed by atoms with Crippen molar-refractivity contribution in [1.29, 1.82) is 0 Å². The Balaban J connectivity index is 1.24. The van der Waals surface area contributed by atoms with Crippen LogP contribution in [0.1, 0.15) is 48.7 Å². The first-order valence-electron chi connectivity index (χ1n) is 8.95. The first kappa shape index (κ1) is 14.6. The standard InChI is InChI=1S/C17H22N6S/c1-22(17-18-16(21-24-17)11-6-7-11)13-9-23(10-13)15-8-12-4-2-3-5-14(12)19-20-15/h8,11,13H,2-7,9-10H2,1H3. The quantitative estimate of drug-likeness (QED) is 0.850. The second-order valence-corrected chi connectivity index (χ2v) is 7.99. The minimum Gasteiger partial charge on any atom is -0.351 e. The van der Waals surface area contributed by atoms with E-state index in [-0.39, 0.29) is 0 Å². The SMILES string of the molecule is CN(c1nc(C2CC2)ns1)C1CN(c2cc3c(nn2)CCCC3)C1. The third kappa shape index (κ3) is 2.55. The van der Waals surface area contributed by atoms with Crippen molar-refractivity contribution in [3.63, 3.8) is 0 Å². The molecule has 5 rings (SSSR count). The first-order valence-corrected chi connectivity index (χ1v) is 9.72. The van der Waals surface area contributed by atoms with Gasteiger partial charge >= 0.3 is 0 Å². The summed E-state index contributed by atoms with van der Waals surface area (Å²) in [5, 5.41) is 9.96. The zero-order valence-electron chi connectivity index (χ0n) is 14.0.